The van der Waals surface area contributed by atoms with Crippen LogP contribution in [-0.4, -0.2) is 31.2 Å². The number of hydrogen-bond acceptors (Lipinski definition) is 4. The van der Waals surface area contributed by atoms with Crippen molar-refractivity contribution in [2.75, 3.05) is 0 Å². The third-order valence-corrected chi connectivity index (χ3v) is 2.52. The number of aromatic carboxylic acids is 1. The van der Waals surface area contributed by atoms with Gasteiger partial charge in [-0.1, -0.05) is 5.21 Å². The van der Waals surface area contributed by atoms with E-state index in [9.17, 15) is 18.0 Å². The Kier molecular flexibility index (Phi) is 3.45. The Morgan fingerprint density at radius 1 is 1.25 bits per heavy atom. The second-order valence-corrected chi connectivity index (χ2v) is 3.80. The minimum atomic E-state index is -4.74. The molecule has 0 aliphatic carbocycles. The standard InChI is InChI=1S/C11H8F3N3O3/c12-11(13,14)9-8(5-18)15-16-17(9)7-3-1-6(2-4-7)10(19)20/h1-4,18H,5H2,(H,19,20). The minimum Gasteiger partial charge on any atom is -0.478 e. The monoisotopic (exact) mass is 287 g/mol. The van der Waals surface area contributed by atoms with E-state index < -0.39 is 30.1 Å². The molecule has 20 heavy (non-hydrogen) atoms. The van der Waals surface area contributed by atoms with Crippen LogP contribution in [0.4, 0.5) is 13.2 Å². The number of rotatable bonds is 3. The normalized spacial score (nSPS) is 11.6. The highest BCUT2D eigenvalue weighted by molar-refractivity contribution is 5.87. The number of carboxylic acid groups (broad SMARTS) is 1. The van der Waals surface area contributed by atoms with Gasteiger partial charge in [0, 0.05) is 0 Å². The lowest BCUT2D eigenvalue weighted by atomic mass is 10.2. The van der Waals surface area contributed by atoms with E-state index in [2.05, 4.69) is 10.3 Å². The molecule has 0 spiro atoms. The van der Waals surface area contributed by atoms with Crippen LogP contribution >= 0.6 is 0 Å². The molecule has 1 aromatic carbocycles. The Morgan fingerprint density at radius 2 is 1.85 bits per heavy atom. The van der Waals surface area contributed by atoms with Crippen LogP contribution in [0.3, 0.4) is 0 Å². The van der Waals surface area contributed by atoms with Crippen molar-refractivity contribution in [3.63, 3.8) is 0 Å². The fraction of sp³-hybridized carbons (Fsp3) is 0.182. The van der Waals surface area contributed by atoms with E-state index in [0.29, 0.717) is 4.68 Å². The largest absolute Gasteiger partial charge is 0.478 e. The summed E-state index contributed by atoms with van der Waals surface area (Å²) in [5.74, 6) is -1.19. The number of aliphatic hydroxyl groups is 1. The van der Waals surface area contributed by atoms with E-state index in [1.165, 1.54) is 12.1 Å². The molecule has 2 rings (SSSR count). The molecule has 2 aromatic rings. The average Bonchev–Trinajstić information content (AvgIpc) is 2.82. The maximum atomic E-state index is 12.9. The first kappa shape index (κ1) is 14.0. The molecule has 1 heterocycles. The predicted molar refractivity (Wildman–Crippen MR) is 59.2 cm³/mol. The summed E-state index contributed by atoms with van der Waals surface area (Å²) >= 11 is 0. The second kappa shape index (κ2) is 4.93. The lowest BCUT2D eigenvalue weighted by Gasteiger charge is -2.10. The zero-order valence-corrected chi connectivity index (χ0v) is 9.79. The number of benzene rings is 1. The van der Waals surface area contributed by atoms with E-state index in [1.807, 2.05) is 0 Å². The van der Waals surface area contributed by atoms with Crippen molar-refractivity contribution in [1.82, 2.24) is 15.0 Å². The Balaban J connectivity index is 2.53. The van der Waals surface area contributed by atoms with E-state index >= 15 is 0 Å². The summed E-state index contributed by atoms with van der Waals surface area (Å²) in [7, 11) is 0. The molecular formula is C11H8F3N3O3. The number of carboxylic acids is 1. The molecule has 2 N–H and O–H groups in total. The first-order valence-corrected chi connectivity index (χ1v) is 5.31. The highest BCUT2D eigenvalue weighted by Gasteiger charge is 2.39. The summed E-state index contributed by atoms with van der Waals surface area (Å²) in [4.78, 5) is 10.7. The van der Waals surface area contributed by atoms with Gasteiger partial charge in [0.1, 0.15) is 5.69 Å². The van der Waals surface area contributed by atoms with Crippen molar-refractivity contribution in [2.24, 2.45) is 0 Å². The van der Waals surface area contributed by atoms with Crippen molar-refractivity contribution >= 4 is 5.97 Å². The van der Waals surface area contributed by atoms with Crippen LogP contribution in [0.15, 0.2) is 24.3 Å². The zero-order valence-electron chi connectivity index (χ0n) is 9.79. The second-order valence-electron chi connectivity index (χ2n) is 3.80. The van der Waals surface area contributed by atoms with Crippen molar-refractivity contribution < 1.29 is 28.2 Å². The third kappa shape index (κ3) is 2.48. The molecule has 0 fully saturated rings. The highest BCUT2D eigenvalue weighted by Crippen LogP contribution is 2.32. The minimum absolute atomic E-state index is 0.00507. The molecule has 0 saturated heterocycles. The summed E-state index contributed by atoms with van der Waals surface area (Å²) in [6, 6.07) is 4.65. The first-order chi connectivity index (χ1) is 9.34. The van der Waals surface area contributed by atoms with Gasteiger partial charge in [-0.3, -0.25) is 0 Å². The van der Waals surface area contributed by atoms with Crippen LogP contribution in [0.25, 0.3) is 5.69 Å². The summed E-state index contributed by atoms with van der Waals surface area (Å²) in [5.41, 5.74) is -1.86. The van der Waals surface area contributed by atoms with Gasteiger partial charge in [0.25, 0.3) is 0 Å². The molecule has 0 unspecified atom stereocenters. The number of halogens is 3. The Morgan fingerprint density at radius 3 is 2.30 bits per heavy atom. The van der Waals surface area contributed by atoms with Gasteiger partial charge in [-0.2, -0.15) is 13.2 Å². The first-order valence-electron chi connectivity index (χ1n) is 5.31. The van der Waals surface area contributed by atoms with Crippen LogP contribution < -0.4 is 0 Å². The Labute approximate surface area is 110 Å². The molecule has 0 radical (unpaired) electrons. The Bertz CT molecular complexity index is 635. The van der Waals surface area contributed by atoms with E-state index in [-0.39, 0.29) is 11.3 Å². The fourth-order valence-electron chi connectivity index (χ4n) is 1.63. The summed E-state index contributed by atoms with van der Waals surface area (Å²) in [6.45, 7) is -0.901. The van der Waals surface area contributed by atoms with Crippen molar-refractivity contribution in [3.8, 4) is 5.69 Å². The molecule has 106 valence electrons. The molecule has 0 atom stereocenters. The van der Waals surface area contributed by atoms with Crippen LogP contribution in [0.1, 0.15) is 21.7 Å². The maximum Gasteiger partial charge on any atom is 0.435 e. The molecule has 0 bridgehead atoms. The van der Waals surface area contributed by atoms with Gasteiger partial charge in [0.05, 0.1) is 17.9 Å². The smallest absolute Gasteiger partial charge is 0.435 e. The van der Waals surface area contributed by atoms with Crippen molar-refractivity contribution in [1.29, 1.82) is 0 Å². The number of aliphatic hydroxyl groups excluding tert-OH is 1. The van der Waals surface area contributed by atoms with Crippen LogP contribution in [-0.2, 0) is 12.8 Å². The van der Waals surface area contributed by atoms with E-state index in [1.54, 1.807) is 0 Å². The predicted octanol–water partition coefficient (Wildman–Crippen LogP) is 1.48. The number of nitrogens with zero attached hydrogens (tertiary/aromatic N) is 3. The molecule has 0 amide bonds. The topological polar surface area (TPSA) is 88.2 Å². The quantitative estimate of drug-likeness (QED) is 0.892. The fourth-order valence-corrected chi connectivity index (χ4v) is 1.63. The number of hydrogen-bond donors (Lipinski definition) is 2. The van der Waals surface area contributed by atoms with E-state index in [4.69, 9.17) is 10.2 Å². The summed E-state index contributed by atoms with van der Waals surface area (Å²) in [6.07, 6.45) is -4.74. The van der Waals surface area contributed by atoms with Crippen molar-refractivity contribution in [3.05, 3.63) is 41.2 Å². The average molecular weight is 287 g/mol. The zero-order chi connectivity index (χ0) is 14.9. The van der Waals surface area contributed by atoms with Gasteiger partial charge < -0.3 is 10.2 Å². The molecule has 1 aromatic heterocycles. The van der Waals surface area contributed by atoms with Crippen LogP contribution in [0.2, 0.25) is 0 Å². The van der Waals surface area contributed by atoms with Crippen LogP contribution in [0, 0.1) is 0 Å². The lowest BCUT2D eigenvalue weighted by Crippen LogP contribution is -2.15. The summed E-state index contributed by atoms with van der Waals surface area (Å²) < 4.78 is 39.3. The van der Waals surface area contributed by atoms with Gasteiger partial charge in [-0.05, 0) is 24.3 Å². The van der Waals surface area contributed by atoms with Gasteiger partial charge in [-0.15, -0.1) is 5.10 Å². The van der Waals surface area contributed by atoms with Gasteiger partial charge in [0.15, 0.2) is 5.69 Å². The Hall–Kier alpha value is -2.42. The SMILES string of the molecule is O=C(O)c1ccc(-n2nnc(CO)c2C(F)(F)F)cc1. The molecule has 0 aliphatic heterocycles. The van der Waals surface area contributed by atoms with Crippen LogP contribution in [0.5, 0.6) is 0 Å². The van der Waals surface area contributed by atoms with Crippen molar-refractivity contribution in [2.45, 2.75) is 12.8 Å². The van der Waals surface area contributed by atoms with Gasteiger partial charge in [0.2, 0.25) is 0 Å². The molecular weight excluding hydrogens is 279 g/mol. The van der Waals surface area contributed by atoms with E-state index in [0.717, 1.165) is 12.1 Å². The third-order valence-electron chi connectivity index (χ3n) is 2.52. The highest BCUT2D eigenvalue weighted by atomic mass is 19.4. The molecule has 6 nitrogen and oxygen atoms in total. The van der Waals surface area contributed by atoms with Gasteiger partial charge >= 0.3 is 12.1 Å². The molecule has 0 saturated carbocycles. The molecule has 0 aliphatic rings. The van der Waals surface area contributed by atoms with Gasteiger partial charge in [-0.25, -0.2) is 9.48 Å². The lowest BCUT2D eigenvalue weighted by molar-refractivity contribution is -0.143. The number of carbonyl (C=O) groups is 1. The summed E-state index contributed by atoms with van der Waals surface area (Å²) in [5, 5.41) is 24.2. The number of alkyl halides is 3. The molecule has 9 heteroatoms. The number of aromatic nitrogens is 3. The maximum absolute atomic E-state index is 12.9.